The molecule has 21 heavy (non-hydrogen) atoms. The summed E-state index contributed by atoms with van der Waals surface area (Å²) < 4.78 is 42.6. The van der Waals surface area contributed by atoms with Gasteiger partial charge < -0.3 is 4.74 Å². The van der Waals surface area contributed by atoms with Crippen molar-refractivity contribution in [2.45, 2.75) is 32.9 Å². The van der Waals surface area contributed by atoms with E-state index in [1.807, 2.05) is 0 Å². The molecule has 0 aliphatic rings. The van der Waals surface area contributed by atoms with Crippen molar-refractivity contribution in [3.05, 3.63) is 35.4 Å². The van der Waals surface area contributed by atoms with Gasteiger partial charge in [-0.2, -0.15) is 13.2 Å². The van der Waals surface area contributed by atoms with Crippen molar-refractivity contribution in [2.24, 2.45) is 5.92 Å². The Morgan fingerprint density at radius 2 is 1.95 bits per heavy atom. The smallest absolute Gasteiger partial charge is 0.416 e. The zero-order chi connectivity index (χ0) is 16.0. The molecule has 0 spiro atoms. The summed E-state index contributed by atoms with van der Waals surface area (Å²) >= 11 is 0. The summed E-state index contributed by atoms with van der Waals surface area (Å²) in [5, 5.41) is 0. The number of esters is 1. The van der Waals surface area contributed by atoms with Gasteiger partial charge in [-0.05, 0) is 38.3 Å². The van der Waals surface area contributed by atoms with Gasteiger partial charge in [-0.1, -0.05) is 18.2 Å². The third-order valence-corrected chi connectivity index (χ3v) is 3.04. The van der Waals surface area contributed by atoms with Gasteiger partial charge in [0.1, 0.15) is 11.7 Å². The van der Waals surface area contributed by atoms with E-state index in [0.717, 1.165) is 12.1 Å². The van der Waals surface area contributed by atoms with Crippen LogP contribution < -0.4 is 0 Å². The second kappa shape index (κ2) is 7.24. The van der Waals surface area contributed by atoms with Crippen LogP contribution in [0, 0.1) is 5.92 Å². The maximum Gasteiger partial charge on any atom is 0.416 e. The van der Waals surface area contributed by atoms with Crippen LogP contribution in [0.1, 0.15) is 31.4 Å². The van der Waals surface area contributed by atoms with Gasteiger partial charge in [-0.15, -0.1) is 0 Å². The minimum atomic E-state index is -4.41. The molecule has 0 N–H and O–H groups in total. The zero-order valence-electron chi connectivity index (χ0n) is 11.9. The number of alkyl halides is 3. The summed E-state index contributed by atoms with van der Waals surface area (Å²) in [4.78, 5) is 23.0. The van der Waals surface area contributed by atoms with Crippen LogP contribution in [0.2, 0.25) is 0 Å². The van der Waals surface area contributed by atoms with E-state index in [-0.39, 0.29) is 25.2 Å². The largest absolute Gasteiger partial charge is 0.465 e. The van der Waals surface area contributed by atoms with E-state index in [1.54, 1.807) is 6.92 Å². The fraction of sp³-hybridized carbons (Fsp3) is 0.467. The van der Waals surface area contributed by atoms with Gasteiger partial charge >= 0.3 is 12.1 Å². The summed E-state index contributed by atoms with van der Waals surface area (Å²) in [6.07, 6.45) is -4.07. The Balaban J connectivity index is 2.77. The van der Waals surface area contributed by atoms with Crippen molar-refractivity contribution in [3.63, 3.8) is 0 Å². The van der Waals surface area contributed by atoms with Gasteiger partial charge in [0.15, 0.2) is 0 Å². The lowest BCUT2D eigenvalue weighted by Gasteiger charge is -2.13. The molecule has 0 aliphatic heterocycles. The molecule has 0 bridgehead atoms. The highest BCUT2D eigenvalue weighted by atomic mass is 19.4. The molecule has 0 fully saturated rings. The van der Waals surface area contributed by atoms with Crippen molar-refractivity contribution in [3.8, 4) is 0 Å². The molecule has 0 amide bonds. The van der Waals surface area contributed by atoms with Crippen LogP contribution in [0.3, 0.4) is 0 Å². The highest BCUT2D eigenvalue weighted by Crippen LogP contribution is 2.30. The topological polar surface area (TPSA) is 43.4 Å². The number of hydrogen-bond acceptors (Lipinski definition) is 3. The first-order valence-electron chi connectivity index (χ1n) is 6.59. The number of hydrogen-bond donors (Lipinski definition) is 0. The fourth-order valence-corrected chi connectivity index (χ4v) is 1.94. The zero-order valence-corrected chi connectivity index (χ0v) is 11.9. The van der Waals surface area contributed by atoms with Crippen LogP contribution in [0.5, 0.6) is 0 Å². The second-order valence-corrected chi connectivity index (χ2v) is 4.65. The molecule has 0 radical (unpaired) electrons. The number of Topliss-reactive ketones (excluding diaryl/α,β-unsaturated/α-hetero) is 1. The SMILES string of the molecule is CCOC(=O)C(CCc1cccc(C(F)(F)F)c1)C(C)=O. The molecular weight excluding hydrogens is 285 g/mol. The number of benzene rings is 1. The normalized spacial score (nSPS) is 12.8. The van der Waals surface area contributed by atoms with E-state index in [2.05, 4.69) is 0 Å². The van der Waals surface area contributed by atoms with E-state index >= 15 is 0 Å². The summed E-state index contributed by atoms with van der Waals surface area (Å²) in [7, 11) is 0. The van der Waals surface area contributed by atoms with Crippen LogP contribution in [0.15, 0.2) is 24.3 Å². The number of carbonyl (C=O) groups is 2. The van der Waals surface area contributed by atoms with Crippen molar-refractivity contribution in [1.29, 1.82) is 0 Å². The van der Waals surface area contributed by atoms with Gasteiger partial charge in [0.25, 0.3) is 0 Å². The molecule has 0 heterocycles. The Morgan fingerprint density at radius 3 is 2.48 bits per heavy atom. The van der Waals surface area contributed by atoms with Gasteiger partial charge in [-0.3, -0.25) is 9.59 Å². The van der Waals surface area contributed by atoms with Crippen LogP contribution in [0.4, 0.5) is 13.2 Å². The van der Waals surface area contributed by atoms with Crippen molar-refractivity contribution >= 4 is 11.8 Å². The minimum absolute atomic E-state index is 0.134. The number of ketones is 1. The predicted molar refractivity (Wildman–Crippen MR) is 70.6 cm³/mol. The summed E-state index contributed by atoms with van der Waals surface area (Å²) in [6.45, 7) is 3.06. The van der Waals surface area contributed by atoms with Gasteiger partial charge in [0.2, 0.25) is 0 Å². The fourth-order valence-electron chi connectivity index (χ4n) is 1.94. The molecular formula is C15H17F3O3. The Kier molecular flexibility index (Phi) is 5.93. The van der Waals surface area contributed by atoms with Gasteiger partial charge in [0.05, 0.1) is 12.2 Å². The predicted octanol–water partition coefficient (Wildman–Crippen LogP) is 3.41. The highest BCUT2D eigenvalue weighted by molar-refractivity contribution is 5.97. The van der Waals surface area contributed by atoms with E-state index in [0.29, 0.717) is 5.56 Å². The molecule has 0 saturated heterocycles. The molecule has 1 rings (SSSR count). The summed E-state index contributed by atoms with van der Waals surface area (Å²) in [5.41, 5.74) is -0.309. The molecule has 0 saturated carbocycles. The van der Waals surface area contributed by atoms with E-state index in [4.69, 9.17) is 4.74 Å². The number of halogens is 3. The van der Waals surface area contributed by atoms with E-state index in [1.165, 1.54) is 19.1 Å². The molecule has 6 heteroatoms. The minimum Gasteiger partial charge on any atom is -0.465 e. The quantitative estimate of drug-likeness (QED) is 0.597. The van der Waals surface area contributed by atoms with Gasteiger partial charge in [-0.25, -0.2) is 0 Å². The number of aryl methyl sites for hydroxylation is 1. The lowest BCUT2D eigenvalue weighted by molar-refractivity contribution is -0.151. The van der Waals surface area contributed by atoms with Crippen LogP contribution in [-0.2, 0) is 26.9 Å². The third-order valence-electron chi connectivity index (χ3n) is 3.04. The molecule has 1 aromatic rings. The lowest BCUT2D eigenvalue weighted by Crippen LogP contribution is -2.25. The average Bonchev–Trinajstić information content (AvgIpc) is 2.38. The average molecular weight is 302 g/mol. The Labute approximate surface area is 121 Å². The van der Waals surface area contributed by atoms with Crippen molar-refractivity contribution in [1.82, 2.24) is 0 Å². The maximum atomic E-state index is 12.6. The van der Waals surface area contributed by atoms with Crippen LogP contribution in [0.25, 0.3) is 0 Å². The second-order valence-electron chi connectivity index (χ2n) is 4.65. The molecule has 0 aromatic heterocycles. The standard InChI is InChI=1S/C15H17F3O3/c1-3-21-14(20)13(10(2)19)8-7-11-5-4-6-12(9-11)15(16,17)18/h4-6,9,13H,3,7-8H2,1-2H3. The van der Waals surface area contributed by atoms with Crippen LogP contribution >= 0.6 is 0 Å². The van der Waals surface area contributed by atoms with Crippen molar-refractivity contribution < 1.29 is 27.5 Å². The first-order chi connectivity index (χ1) is 9.75. The summed E-state index contributed by atoms with van der Waals surface area (Å²) in [6, 6.07) is 4.86. The first kappa shape index (κ1) is 17.2. The third kappa shape index (κ3) is 5.21. The number of carbonyl (C=O) groups excluding carboxylic acids is 2. The Bertz CT molecular complexity index is 509. The summed E-state index contributed by atoms with van der Waals surface area (Å²) in [5.74, 6) is -1.91. The monoisotopic (exact) mass is 302 g/mol. The highest BCUT2D eigenvalue weighted by Gasteiger charge is 2.30. The Hall–Kier alpha value is -1.85. The molecule has 116 valence electrons. The first-order valence-corrected chi connectivity index (χ1v) is 6.59. The van der Waals surface area contributed by atoms with Crippen LogP contribution in [-0.4, -0.2) is 18.4 Å². The number of ether oxygens (including phenoxy) is 1. The molecule has 0 aliphatic carbocycles. The van der Waals surface area contributed by atoms with Crippen molar-refractivity contribution in [2.75, 3.05) is 6.61 Å². The maximum absolute atomic E-state index is 12.6. The Morgan fingerprint density at radius 1 is 1.29 bits per heavy atom. The molecule has 1 aromatic carbocycles. The molecule has 3 nitrogen and oxygen atoms in total. The van der Waals surface area contributed by atoms with E-state index in [9.17, 15) is 22.8 Å². The lowest BCUT2D eigenvalue weighted by atomic mass is 9.95. The van der Waals surface area contributed by atoms with Gasteiger partial charge in [0, 0.05) is 0 Å². The molecule has 1 atom stereocenters. The van der Waals surface area contributed by atoms with E-state index < -0.39 is 23.6 Å². The number of rotatable bonds is 6. The molecule has 1 unspecified atom stereocenters.